The number of rotatable bonds is 8. The van der Waals surface area contributed by atoms with Gasteiger partial charge in [0.05, 0.1) is 38.7 Å². The molecule has 3 heterocycles. The summed E-state index contributed by atoms with van der Waals surface area (Å²) in [5.74, 6) is 1.68. The van der Waals surface area contributed by atoms with Crippen LogP contribution in [0.5, 0.6) is 0 Å². The monoisotopic (exact) mass is 360 g/mol. The molecule has 0 radical (unpaired) electrons. The van der Waals surface area contributed by atoms with Crippen molar-refractivity contribution in [3.8, 4) is 0 Å². The van der Waals surface area contributed by atoms with Crippen LogP contribution in [-0.4, -0.2) is 60.9 Å². The molecule has 0 aromatic carbocycles. The summed E-state index contributed by atoms with van der Waals surface area (Å²) in [4.78, 5) is 28.0. The third-order valence-electron chi connectivity index (χ3n) is 4.30. The number of nitrogens with one attached hydrogen (secondary N) is 2. The molecule has 1 aliphatic heterocycles. The largest absolute Gasteiger partial charge is 0.468 e. The third-order valence-corrected chi connectivity index (χ3v) is 4.30. The number of hydrogen-bond acceptors (Lipinski definition) is 6. The van der Waals surface area contributed by atoms with Crippen molar-refractivity contribution < 1.29 is 18.4 Å². The van der Waals surface area contributed by atoms with Crippen molar-refractivity contribution in [2.45, 2.75) is 13.1 Å². The number of furan rings is 2. The van der Waals surface area contributed by atoms with E-state index < -0.39 is 0 Å². The first-order valence-corrected chi connectivity index (χ1v) is 8.74. The van der Waals surface area contributed by atoms with Gasteiger partial charge in [0.25, 0.3) is 0 Å². The standard InChI is InChI=1S/C18H24N4O4/c23-17(13-19-11-15-3-1-9-25-15)21-5-7-22(8-6-21)18(24)14-20-12-16-4-2-10-26-16/h1-4,9-10,19-20H,5-8,11-14H2. The molecule has 3 rings (SSSR count). The van der Waals surface area contributed by atoms with E-state index in [0.29, 0.717) is 39.3 Å². The Bertz CT molecular complexity index is 616. The molecule has 1 aliphatic rings. The van der Waals surface area contributed by atoms with Crippen molar-refractivity contribution in [2.75, 3.05) is 39.3 Å². The Labute approximate surface area is 152 Å². The molecule has 1 saturated heterocycles. The van der Waals surface area contributed by atoms with Crippen LogP contribution in [0.1, 0.15) is 11.5 Å². The minimum Gasteiger partial charge on any atom is -0.468 e. The first-order valence-electron chi connectivity index (χ1n) is 8.74. The number of amides is 2. The summed E-state index contributed by atoms with van der Waals surface area (Å²) in [6, 6.07) is 7.36. The molecule has 2 aromatic rings. The van der Waals surface area contributed by atoms with Gasteiger partial charge in [-0.25, -0.2) is 0 Å². The van der Waals surface area contributed by atoms with Crippen molar-refractivity contribution in [1.29, 1.82) is 0 Å². The van der Waals surface area contributed by atoms with Gasteiger partial charge in [-0.2, -0.15) is 0 Å². The molecule has 1 fully saturated rings. The van der Waals surface area contributed by atoms with Gasteiger partial charge < -0.3 is 29.3 Å². The van der Waals surface area contributed by atoms with Crippen LogP contribution in [0.15, 0.2) is 45.6 Å². The Morgan fingerprint density at radius 3 is 1.58 bits per heavy atom. The zero-order valence-corrected chi connectivity index (χ0v) is 14.6. The van der Waals surface area contributed by atoms with Crippen LogP contribution in [0, 0.1) is 0 Å². The maximum Gasteiger partial charge on any atom is 0.236 e. The van der Waals surface area contributed by atoms with Crippen LogP contribution >= 0.6 is 0 Å². The second-order valence-corrected chi connectivity index (χ2v) is 6.13. The van der Waals surface area contributed by atoms with Crippen LogP contribution in [-0.2, 0) is 22.7 Å². The van der Waals surface area contributed by atoms with E-state index in [0.717, 1.165) is 11.5 Å². The first kappa shape index (κ1) is 18.2. The van der Waals surface area contributed by atoms with Crippen molar-refractivity contribution in [2.24, 2.45) is 0 Å². The summed E-state index contributed by atoms with van der Waals surface area (Å²) >= 11 is 0. The SMILES string of the molecule is O=C(CNCc1ccco1)N1CCN(C(=O)CNCc2ccco2)CC1. The molecular weight excluding hydrogens is 336 g/mol. The lowest BCUT2D eigenvalue weighted by molar-refractivity contribution is -0.138. The predicted octanol–water partition coefficient (Wildman–Crippen LogP) is 0.423. The molecule has 140 valence electrons. The minimum atomic E-state index is 0.0413. The molecule has 8 nitrogen and oxygen atoms in total. The van der Waals surface area contributed by atoms with Gasteiger partial charge in [0, 0.05) is 26.2 Å². The summed E-state index contributed by atoms with van der Waals surface area (Å²) < 4.78 is 10.4. The zero-order chi connectivity index (χ0) is 18.2. The fourth-order valence-corrected chi connectivity index (χ4v) is 2.84. The molecule has 0 saturated carbocycles. The normalized spacial score (nSPS) is 14.6. The fourth-order valence-electron chi connectivity index (χ4n) is 2.84. The average molecular weight is 360 g/mol. The summed E-state index contributed by atoms with van der Waals surface area (Å²) in [6.45, 7) is 3.82. The van der Waals surface area contributed by atoms with Gasteiger partial charge in [-0.3, -0.25) is 9.59 Å². The topological polar surface area (TPSA) is 91.0 Å². The quantitative estimate of drug-likeness (QED) is 0.709. The lowest BCUT2D eigenvalue weighted by Crippen LogP contribution is -2.53. The van der Waals surface area contributed by atoms with Crippen LogP contribution in [0.3, 0.4) is 0 Å². The van der Waals surface area contributed by atoms with E-state index in [-0.39, 0.29) is 24.9 Å². The number of nitrogens with zero attached hydrogens (tertiary/aromatic N) is 2. The molecule has 26 heavy (non-hydrogen) atoms. The van der Waals surface area contributed by atoms with E-state index in [4.69, 9.17) is 8.83 Å². The molecule has 0 bridgehead atoms. The summed E-state index contributed by atoms with van der Waals surface area (Å²) in [5.41, 5.74) is 0. The molecule has 0 unspecified atom stereocenters. The highest BCUT2D eigenvalue weighted by Gasteiger charge is 2.23. The van der Waals surface area contributed by atoms with Crippen LogP contribution in [0.25, 0.3) is 0 Å². The Kier molecular flexibility index (Phi) is 6.45. The lowest BCUT2D eigenvalue weighted by Gasteiger charge is -2.35. The van der Waals surface area contributed by atoms with Crippen molar-refractivity contribution in [3.63, 3.8) is 0 Å². The van der Waals surface area contributed by atoms with Crippen LogP contribution in [0.4, 0.5) is 0 Å². The van der Waals surface area contributed by atoms with Gasteiger partial charge in [-0.05, 0) is 24.3 Å². The highest BCUT2D eigenvalue weighted by molar-refractivity contribution is 5.80. The maximum absolute atomic E-state index is 12.2. The molecular formula is C18H24N4O4. The zero-order valence-electron chi connectivity index (χ0n) is 14.6. The fraction of sp³-hybridized carbons (Fsp3) is 0.444. The molecule has 8 heteroatoms. The molecule has 0 spiro atoms. The highest BCUT2D eigenvalue weighted by Crippen LogP contribution is 2.04. The molecule has 0 aliphatic carbocycles. The second-order valence-electron chi connectivity index (χ2n) is 6.13. The summed E-state index contributed by atoms with van der Waals surface area (Å²) in [6.07, 6.45) is 3.22. The predicted molar refractivity (Wildman–Crippen MR) is 94.0 cm³/mol. The second kappa shape index (κ2) is 9.21. The number of carbonyl (C=O) groups is 2. The molecule has 2 aromatic heterocycles. The Morgan fingerprint density at radius 2 is 1.23 bits per heavy atom. The number of carbonyl (C=O) groups excluding carboxylic acids is 2. The Balaban J connectivity index is 1.31. The number of hydrogen-bond donors (Lipinski definition) is 2. The molecule has 0 atom stereocenters. The minimum absolute atomic E-state index is 0.0413. The van der Waals surface area contributed by atoms with E-state index >= 15 is 0 Å². The Morgan fingerprint density at radius 1 is 0.808 bits per heavy atom. The van der Waals surface area contributed by atoms with Gasteiger partial charge in [0.15, 0.2) is 0 Å². The molecule has 2 N–H and O–H groups in total. The van der Waals surface area contributed by atoms with E-state index in [1.54, 1.807) is 22.3 Å². The van der Waals surface area contributed by atoms with Crippen molar-refractivity contribution >= 4 is 11.8 Å². The van der Waals surface area contributed by atoms with E-state index in [1.807, 2.05) is 24.3 Å². The van der Waals surface area contributed by atoms with Crippen LogP contribution in [0.2, 0.25) is 0 Å². The smallest absolute Gasteiger partial charge is 0.236 e. The van der Waals surface area contributed by atoms with E-state index in [2.05, 4.69) is 10.6 Å². The van der Waals surface area contributed by atoms with Gasteiger partial charge in [0.1, 0.15) is 11.5 Å². The molecule has 2 amide bonds. The number of piperazine rings is 1. The first-order chi connectivity index (χ1) is 12.7. The maximum atomic E-state index is 12.2. The summed E-state index contributed by atoms with van der Waals surface area (Å²) in [5, 5.41) is 6.15. The van der Waals surface area contributed by atoms with Gasteiger partial charge in [0.2, 0.25) is 11.8 Å². The van der Waals surface area contributed by atoms with Gasteiger partial charge in [-0.1, -0.05) is 0 Å². The van der Waals surface area contributed by atoms with Crippen LogP contribution < -0.4 is 10.6 Å². The van der Waals surface area contributed by atoms with Crippen molar-refractivity contribution in [3.05, 3.63) is 48.3 Å². The van der Waals surface area contributed by atoms with Gasteiger partial charge >= 0.3 is 0 Å². The van der Waals surface area contributed by atoms with Crippen molar-refractivity contribution in [1.82, 2.24) is 20.4 Å². The van der Waals surface area contributed by atoms with E-state index in [9.17, 15) is 9.59 Å². The summed E-state index contributed by atoms with van der Waals surface area (Å²) in [7, 11) is 0. The highest BCUT2D eigenvalue weighted by atomic mass is 16.3. The third kappa shape index (κ3) is 5.21. The van der Waals surface area contributed by atoms with E-state index in [1.165, 1.54) is 0 Å². The average Bonchev–Trinajstić information content (AvgIpc) is 3.36. The lowest BCUT2D eigenvalue weighted by atomic mass is 10.3. The Hall–Kier alpha value is -2.58. The van der Waals surface area contributed by atoms with Gasteiger partial charge in [-0.15, -0.1) is 0 Å².